The number of nitrogens with zero attached hydrogens (tertiary/aromatic N) is 2. The largest absolute Gasteiger partial charge is 0.341 e. The molecule has 0 unspecified atom stereocenters. The number of hydrogen-bond acceptors (Lipinski definition) is 2. The Morgan fingerprint density at radius 2 is 2.00 bits per heavy atom. The lowest BCUT2D eigenvalue weighted by molar-refractivity contribution is -0.134. The topological polar surface area (TPSA) is 23.6 Å². The first-order chi connectivity index (χ1) is 11.5. The van der Waals surface area contributed by atoms with Crippen LogP contribution in [0.25, 0.3) is 0 Å². The van der Waals surface area contributed by atoms with Gasteiger partial charge in [-0.15, -0.1) is 0 Å². The zero-order valence-electron chi connectivity index (χ0n) is 14.7. The zero-order chi connectivity index (χ0) is 17.5. The number of halogens is 2. The van der Waals surface area contributed by atoms with Crippen molar-refractivity contribution in [3.63, 3.8) is 0 Å². The fourth-order valence-electron chi connectivity index (χ4n) is 3.33. The van der Waals surface area contributed by atoms with E-state index in [1.807, 2.05) is 4.90 Å². The summed E-state index contributed by atoms with van der Waals surface area (Å²) in [5, 5.41) is 0. The molecule has 2 rings (SSSR count). The Bertz CT molecular complexity index is 546. The minimum absolute atomic E-state index is 0.205. The van der Waals surface area contributed by atoms with Crippen LogP contribution in [0.1, 0.15) is 38.7 Å². The maximum Gasteiger partial charge on any atom is 0.236 e. The molecule has 1 heterocycles. The number of rotatable bonds is 7. The molecule has 1 fully saturated rings. The van der Waals surface area contributed by atoms with E-state index in [-0.39, 0.29) is 5.91 Å². The molecule has 3 nitrogen and oxygen atoms in total. The van der Waals surface area contributed by atoms with Gasteiger partial charge in [0.25, 0.3) is 0 Å². The smallest absolute Gasteiger partial charge is 0.236 e. The van der Waals surface area contributed by atoms with Crippen molar-refractivity contribution < 1.29 is 13.6 Å². The van der Waals surface area contributed by atoms with Gasteiger partial charge in [-0.05, 0) is 62.4 Å². The van der Waals surface area contributed by atoms with Gasteiger partial charge in [-0.25, -0.2) is 8.78 Å². The molecule has 24 heavy (non-hydrogen) atoms. The molecule has 0 bridgehead atoms. The summed E-state index contributed by atoms with van der Waals surface area (Å²) >= 11 is 0. The highest BCUT2D eigenvalue weighted by Gasteiger charge is 2.24. The van der Waals surface area contributed by atoms with Crippen LogP contribution in [0.2, 0.25) is 0 Å². The summed E-state index contributed by atoms with van der Waals surface area (Å²) < 4.78 is 26.2. The second-order valence-corrected chi connectivity index (χ2v) is 6.60. The molecule has 0 aromatic heterocycles. The molecule has 1 aromatic rings. The minimum Gasteiger partial charge on any atom is -0.341 e. The van der Waals surface area contributed by atoms with Crippen LogP contribution in [0.5, 0.6) is 0 Å². The number of likely N-dealkylation sites (tertiary alicyclic amines) is 1. The molecule has 0 aliphatic carbocycles. The number of hydrogen-bond donors (Lipinski definition) is 0. The van der Waals surface area contributed by atoms with E-state index in [0.717, 1.165) is 57.4 Å². The summed E-state index contributed by atoms with van der Waals surface area (Å²) in [5.74, 6) is -0.944. The van der Waals surface area contributed by atoms with Crippen LogP contribution in [-0.4, -0.2) is 48.4 Å². The van der Waals surface area contributed by atoms with Crippen LogP contribution in [-0.2, 0) is 11.2 Å². The predicted octanol–water partition coefficient (Wildman–Crippen LogP) is 3.48. The van der Waals surface area contributed by atoms with Crippen LogP contribution in [0.3, 0.4) is 0 Å². The van der Waals surface area contributed by atoms with Crippen molar-refractivity contribution in [2.75, 3.05) is 32.7 Å². The fraction of sp³-hybridized carbons (Fsp3) is 0.632. The van der Waals surface area contributed by atoms with E-state index < -0.39 is 11.6 Å². The second kappa shape index (κ2) is 9.11. The Balaban J connectivity index is 1.84. The molecule has 134 valence electrons. The minimum atomic E-state index is -0.801. The summed E-state index contributed by atoms with van der Waals surface area (Å²) in [6.07, 6.45) is 3.74. The van der Waals surface area contributed by atoms with Crippen molar-refractivity contribution in [3.8, 4) is 0 Å². The number of carbonyl (C=O) groups is 1. The molecule has 1 aromatic carbocycles. The van der Waals surface area contributed by atoms with Crippen molar-refractivity contribution in [1.29, 1.82) is 0 Å². The van der Waals surface area contributed by atoms with Crippen molar-refractivity contribution in [2.45, 2.75) is 39.5 Å². The van der Waals surface area contributed by atoms with Gasteiger partial charge in [-0.1, -0.05) is 19.9 Å². The quantitative estimate of drug-likeness (QED) is 0.760. The van der Waals surface area contributed by atoms with Crippen molar-refractivity contribution in [2.24, 2.45) is 5.92 Å². The van der Waals surface area contributed by atoms with Crippen LogP contribution in [0, 0.1) is 17.6 Å². The van der Waals surface area contributed by atoms with E-state index >= 15 is 0 Å². The zero-order valence-corrected chi connectivity index (χ0v) is 14.7. The lowest BCUT2D eigenvalue weighted by Crippen LogP contribution is -2.45. The van der Waals surface area contributed by atoms with Gasteiger partial charge in [0.15, 0.2) is 11.6 Å². The fourth-order valence-corrected chi connectivity index (χ4v) is 3.33. The van der Waals surface area contributed by atoms with E-state index in [2.05, 4.69) is 18.7 Å². The van der Waals surface area contributed by atoms with Gasteiger partial charge in [0.05, 0.1) is 6.54 Å². The molecule has 1 saturated heterocycles. The first-order valence-electron chi connectivity index (χ1n) is 8.97. The van der Waals surface area contributed by atoms with Crippen LogP contribution in [0.4, 0.5) is 8.78 Å². The molecule has 0 N–H and O–H groups in total. The van der Waals surface area contributed by atoms with Crippen molar-refractivity contribution in [1.82, 2.24) is 9.80 Å². The predicted molar refractivity (Wildman–Crippen MR) is 91.8 cm³/mol. The van der Waals surface area contributed by atoms with Crippen molar-refractivity contribution >= 4 is 5.91 Å². The molecule has 1 aliphatic heterocycles. The Hall–Kier alpha value is -1.49. The monoisotopic (exact) mass is 338 g/mol. The van der Waals surface area contributed by atoms with E-state index in [4.69, 9.17) is 0 Å². The van der Waals surface area contributed by atoms with Gasteiger partial charge in [-0.3, -0.25) is 9.69 Å². The summed E-state index contributed by atoms with van der Waals surface area (Å²) in [6.45, 7) is 8.01. The molecule has 1 amide bonds. The third-order valence-corrected chi connectivity index (χ3v) is 4.95. The second-order valence-electron chi connectivity index (χ2n) is 6.60. The number of amides is 1. The molecule has 5 heteroatoms. The standard InChI is InChI=1S/C19H28F2N2O/c1-3-22(4-2)14-19(24)23-11-5-6-16(13-23)8-7-15-9-10-17(20)18(21)12-15/h9-10,12,16H,3-8,11,13-14H2,1-2H3/t16-/m0/s1. The normalized spacial score (nSPS) is 18.2. The van der Waals surface area contributed by atoms with Gasteiger partial charge in [0, 0.05) is 13.1 Å². The van der Waals surface area contributed by atoms with Crippen LogP contribution >= 0.6 is 0 Å². The first kappa shape index (κ1) is 18.8. The Labute approximate surface area is 143 Å². The lowest BCUT2D eigenvalue weighted by atomic mass is 9.91. The molecule has 0 radical (unpaired) electrons. The van der Waals surface area contributed by atoms with E-state index in [1.165, 1.54) is 12.1 Å². The molecule has 1 atom stereocenters. The van der Waals surface area contributed by atoms with Gasteiger partial charge >= 0.3 is 0 Å². The SMILES string of the molecule is CCN(CC)CC(=O)N1CCC[C@@H](CCc2ccc(F)c(F)c2)C1. The summed E-state index contributed by atoms with van der Waals surface area (Å²) in [4.78, 5) is 16.5. The Kier molecular flexibility index (Phi) is 7.16. The van der Waals surface area contributed by atoms with E-state index in [0.29, 0.717) is 12.5 Å². The number of carbonyl (C=O) groups excluding carboxylic acids is 1. The lowest BCUT2D eigenvalue weighted by Gasteiger charge is -2.34. The first-order valence-corrected chi connectivity index (χ1v) is 8.97. The summed E-state index contributed by atoms with van der Waals surface area (Å²) in [5.41, 5.74) is 0.820. The third kappa shape index (κ3) is 5.26. The van der Waals surface area contributed by atoms with Crippen molar-refractivity contribution in [3.05, 3.63) is 35.4 Å². The average Bonchev–Trinajstić information content (AvgIpc) is 2.60. The maximum absolute atomic E-state index is 13.3. The average molecular weight is 338 g/mol. The number of likely N-dealkylation sites (N-methyl/N-ethyl adjacent to an activating group) is 1. The van der Waals surface area contributed by atoms with Crippen LogP contribution < -0.4 is 0 Å². The highest BCUT2D eigenvalue weighted by Crippen LogP contribution is 2.22. The molecular weight excluding hydrogens is 310 g/mol. The molecule has 1 aliphatic rings. The molecule has 0 spiro atoms. The number of benzene rings is 1. The van der Waals surface area contributed by atoms with Crippen LogP contribution in [0.15, 0.2) is 18.2 Å². The third-order valence-electron chi connectivity index (χ3n) is 4.95. The van der Waals surface area contributed by atoms with Gasteiger partial charge in [-0.2, -0.15) is 0 Å². The summed E-state index contributed by atoms with van der Waals surface area (Å²) in [6, 6.07) is 4.11. The number of piperidine rings is 1. The number of aryl methyl sites for hydroxylation is 1. The highest BCUT2D eigenvalue weighted by atomic mass is 19.2. The summed E-state index contributed by atoms with van der Waals surface area (Å²) in [7, 11) is 0. The van der Waals surface area contributed by atoms with E-state index in [1.54, 1.807) is 6.07 Å². The maximum atomic E-state index is 13.3. The molecule has 0 saturated carbocycles. The van der Waals surface area contributed by atoms with Gasteiger partial charge in [0.2, 0.25) is 5.91 Å². The highest BCUT2D eigenvalue weighted by molar-refractivity contribution is 5.78. The Morgan fingerprint density at radius 1 is 1.25 bits per heavy atom. The molecular formula is C19H28F2N2O. The Morgan fingerprint density at radius 3 is 2.67 bits per heavy atom. The van der Waals surface area contributed by atoms with Gasteiger partial charge in [0.1, 0.15) is 0 Å². The van der Waals surface area contributed by atoms with E-state index in [9.17, 15) is 13.6 Å². The van der Waals surface area contributed by atoms with Gasteiger partial charge < -0.3 is 4.90 Å².